The van der Waals surface area contributed by atoms with Gasteiger partial charge < -0.3 is 14.8 Å². The van der Waals surface area contributed by atoms with E-state index in [4.69, 9.17) is 9.47 Å². The maximum atomic E-state index is 12.6. The Kier molecular flexibility index (Phi) is 5.81. The minimum Gasteiger partial charge on any atom is -0.465 e. The molecule has 1 aliphatic carbocycles. The minimum absolute atomic E-state index is 0.0745. The zero-order chi connectivity index (χ0) is 14.4. The molecule has 0 aromatic carbocycles. The smallest absolute Gasteiger partial charge is 0.327 e. The fraction of sp³-hybridized carbons (Fsp3) is 0.933. The fourth-order valence-electron chi connectivity index (χ4n) is 3.09. The SMILES string of the molecule is CCNC(CN1CCCOCC1)(C(=O)OCC)C1CC1. The summed E-state index contributed by atoms with van der Waals surface area (Å²) >= 11 is 0. The van der Waals surface area contributed by atoms with Gasteiger partial charge in [0.05, 0.1) is 13.2 Å². The van der Waals surface area contributed by atoms with Gasteiger partial charge in [-0.2, -0.15) is 0 Å². The van der Waals surface area contributed by atoms with Crippen LogP contribution in [0.25, 0.3) is 0 Å². The highest BCUT2D eigenvalue weighted by Gasteiger charge is 2.52. The van der Waals surface area contributed by atoms with Crippen LogP contribution in [-0.2, 0) is 14.3 Å². The fourth-order valence-corrected chi connectivity index (χ4v) is 3.09. The highest BCUT2D eigenvalue weighted by molar-refractivity contribution is 5.82. The van der Waals surface area contributed by atoms with Crippen LogP contribution in [0.1, 0.15) is 33.1 Å². The van der Waals surface area contributed by atoms with E-state index in [-0.39, 0.29) is 5.97 Å². The summed E-state index contributed by atoms with van der Waals surface area (Å²) in [5, 5.41) is 3.45. The molecular formula is C15H28N2O3. The van der Waals surface area contributed by atoms with Gasteiger partial charge in [0, 0.05) is 26.2 Å². The van der Waals surface area contributed by atoms with Gasteiger partial charge in [-0.3, -0.25) is 4.90 Å². The second-order valence-electron chi connectivity index (χ2n) is 5.74. The van der Waals surface area contributed by atoms with Crippen molar-refractivity contribution in [2.75, 3.05) is 46.0 Å². The topological polar surface area (TPSA) is 50.8 Å². The van der Waals surface area contributed by atoms with Crippen molar-refractivity contribution in [1.29, 1.82) is 0 Å². The summed E-state index contributed by atoms with van der Waals surface area (Å²) in [7, 11) is 0. The maximum Gasteiger partial charge on any atom is 0.327 e. The number of esters is 1. The molecule has 0 amide bonds. The van der Waals surface area contributed by atoms with E-state index in [1.54, 1.807) is 0 Å². The lowest BCUT2D eigenvalue weighted by atomic mass is 9.92. The lowest BCUT2D eigenvalue weighted by molar-refractivity contribution is -0.153. The molecule has 1 heterocycles. The van der Waals surface area contributed by atoms with Crippen LogP contribution < -0.4 is 5.32 Å². The summed E-state index contributed by atoms with van der Waals surface area (Å²) < 4.78 is 10.9. The summed E-state index contributed by atoms with van der Waals surface area (Å²) in [4.78, 5) is 14.9. The lowest BCUT2D eigenvalue weighted by Crippen LogP contribution is -2.61. The van der Waals surface area contributed by atoms with Gasteiger partial charge in [0.15, 0.2) is 0 Å². The second-order valence-corrected chi connectivity index (χ2v) is 5.74. The molecule has 0 aromatic rings. The first-order valence-electron chi connectivity index (χ1n) is 7.95. The Morgan fingerprint density at radius 2 is 2.15 bits per heavy atom. The summed E-state index contributed by atoms with van der Waals surface area (Å²) in [6, 6.07) is 0. The summed E-state index contributed by atoms with van der Waals surface area (Å²) in [6.07, 6.45) is 3.28. The molecule has 1 atom stereocenters. The normalized spacial score (nSPS) is 23.9. The van der Waals surface area contributed by atoms with E-state index in [0.717, 1.165) is 58.7 Å². The standard InChI is InChI=1S/C15H28N2O3/c1-3-16-15(13-6-7-13,14(18)20-4-2)12-17-8-5-10-19-11-9-17/h13,16H,3-12H2,1-2H3. The minimum atomic E-state index is -0.519. The molecule has 2 fully saturated rings. The number of nitrogens with zero attached hydrogens (tertiary/aromatic N) is 1. The van der Waals surface area contributed by atoms with Crippen molar-refractivity contribution < 1.29 is 14.3 Å². The van der Waals surface area contributed by atoms with Gasteiger partial charge in [0.25, 0.3) is 0 Å². The molecule has 0 radical (unpaired) electrons. The van der Waals surface area contributed by atoms with Crippen LogP contribution in [0.2, 0.25) is 0 Å². The van der Waals surface area contributed by atoms with Gasteiger partial charge >= 0.3 is 5.97 Å². The van der Waals surface area contributed by atoms with Crippen LogP contribution in [0.5, 0.6) is 0 Å². The van der Waals surface area contributed by atoms with E-state index < -0.39 is 5.54 Å². The number of hydrogen-bond acceptors (Lipinski definition) is 5. The molecule has 5 heteroatoms. The van der Waals surface area contributed by atoms with Crippen LogP contribution in [-0.4, -0.2) is 62.4 Å². The molecule has 0 aromatic heterocycles. The summed E-state index contributed by atoms with van der Waals surface area (Å²) in [6.45, 7) is 9.40. The van der Waals surface area contributed by atoms with Gasteiger partial charge in [0.1, 0.15) is 5.54 Å². The van der Waals surface area contributed by atoms with Crippen molar-refractivity contribution in [3.05, 3.63) is 0 Å². The Morgan fingerprint density at radius 3 is 2.80 bits per heavy atom. The second kappa shape index (κ2) is 7.38. The van der Waals surface area contributed by atoms with E-state index in [1.807, 2.05) is 6.92 Å². The number of likely N-dealkylation sites (N-methyl/N-ethyl adjacent to an activating group) is 1. The van der Waals surface area contributed by atoms with Gasteiger partial charge in [0.2, 0.25) is 0 Å². The van der Waals surface area contributed by atoms with Gasteiger partial charge in [-0.05, 0) is 38.6 Å². The quantitative estimate of drug-likeness (QED) is 0.708. The maximum absolute atomic E-state index is 12.6. The number of ether oxygens (including phenoxy) is 2. The molecule has 0 spiro atoms. The Hall–Kier alpha value is -0.650. The number of carbonyl (C=O) groups is 1. The molecular weight excluding hydrogens is 256 g/mol. The van der Waals surface area contributed by atoms with Crippen LogP contribution in [0.15, 0.2) is 0 Å². The molecule has 2 rings (SSSR count). The zero-order valence-corrected chi connectivity index (χ0v) is 12.8. The highest BCUT2D eigenvalue weighted by atomic mass is 16.5. The van der Waals surface area contributed by atoms with Crippen LogP contribution >= 0.6 is 0 Å². The Bertz CT molecular complexity index is 312. The van der Waals surface area contributed by atoms with Gasteiger partial charge in [-0.25, -0.2) is 4.79 Å². The Balaban J connectivity index is 2.09. The zero-order valence-electron chi connectivity index (χ0n) is 12.8. The molecule has 2 aliphatic rings. The van der Waals surface area contributed by atoms with Crippen molar-refractivity contribution in [2.24, 2.45) is 5.92 Å². The van der Waals surface area contributed by atoms with E-state index in [0.29, 0.717) is 12.5 Å². The summed E-state index contributed by atoms with van der Waals surface area (Å²) in [5.41, 5.74) is -0.519. The molecule has 1 N–H and O–H groups in total. The molecule has 1 aliphatic heterocycles. The third-order valence-corrected chi connectivity index (χ3v) is 4.19. The molecule has 5 nitrogen and oxygen atoms in total. The van der Waals surface area contributed by atoms with E-state index in [1.165, 1.54) is 0 Å². The Morgan fingerprint density at radius 1 is 1.35 bits per heavy atom. The van der Waals surface area contributed by atoms with Crippen molar-refractivity contribution in [3.63, 3.8) is 0 Å². The van der Waals surface area contributed by atoms with Crippen molar-refractivity contribution in [3.8, 4) is 0 Å². The lowest BCUT2D eigenvalue weighted by Gasteiger charge is -2.37. The summed E-state index contributed by atoms with van der Waals surface area (Å²) in [5.74, 6) is 0.347. The first kappa shape index (κ1) is 15.7. The molecule has 116 valence electrons. The number of nitrogens with one attached hydrogen (secondary N) is 1. The van der Waals surface area contributed by atoms with Crippen molar-refractivity contribution in [1.82, 2.24) is 10.2 Å². The van der Waals surface area contributed by atoms with E-state index in [9.17, 15) is 4.79 Å². The molecule has 1 saturated heterocycles. The largest absolute Gasteiger partial charge is 0.465 e. The van der Waals surface area contributed by atoms with Crippen molar-refractivity contribution >= 4 is 5.97 Å². The number of carbonyl (C=O) groups excluding carboxylic acids is 1. The first-order valence-corrected chi connectivity index (χ1v) is 7.95. The Labute approximate surface area is 122 Å². The van der Waals surface area contributed by atoms with Gasteiger partial charge in [-0.1, -0.05) is 6.92 Å². The number of hydrogen-bond donors (Lipinski definition) is 1. The monoisotopic (exact) mass is 284 g/mol. The van der Waals surface area contributed by atoms with Gasteiger partial charge in [-0.15, -0.1) is 0 Å². The third-order valence-electron chi connectivity index (χ3n) is 4.19. The molecule has 0 bridgehead atoms. The van der Waals surface area contributed by atoms with E-state index in [2.05, 4.69) is 17.1 Å². The average Bonchev–Trinajstić information content (AvgIpc) is 3.26. The van der Waals surface area contributed by atoms with Crippen LogP contribution in [0.3, 0.4) is 0 Å². The molecule has 20 heavy (non-hydrogen) atoms. The van der Waals surface area contributed by atoms with Crippen LogP contribution in [0, 0.1) is 5.92 Å². The molecule has 1 unspecified atom stereocenters. The number of rotatable bonds is 7. The highest BCUT2D eigenvalue weighted by Crippen LogP contribution is 2.41. The predicted octanol–water partition coefficient (Wildman–Crippen LogP) is 1.03. The van der Waals surface area contributed by atoms with Crippen LogP contribution in [0.4, 0.5) is 0 Å². The predicted molar refractivity (Wildman–Crippen MR) is 77.6 cm³/mol. The average molecular weight is 284 g/mol. The van der Waals surface area contributed by atoms with E-state index >= 15 is 0 Å². The van der Waals surface area contributed by atoms with Crippen molar-refractivity contribution in [2.45, 2.75) is 38.6 Å². The third kappa shape index (κ3) is 3.71. The first-order chi connectivity index (χ1) is 9.73. The molecule has 1 saturated carbocycles.